The molecule has 0 bridgehead atoms. The summed E-state index contributed by atoms with van der Waals surface area (Å²) in [7, 11) is 0. The Labute approximate surface area is 104 Å². The molecular weight excluding hydrogens is 206 g/mol. The van der Waals surface area contributed by atoms with Gasteiger partial charge >= 0.3 is 0 Å². The summed E-state index contributed by atoms with van der Waals surface area (Å²) in [5, 5.41) is 0. The van der Waals surface area contributed by atoms with Crippen molar-refractivity contribution in [2.45, 2.75) is 19.8 Å². The van der Waals surface area contributed by atoms with Gasteiger partial charge in [-0.2, -0.15) is 0 Å². The molecule has 0 unspecified atom stereocenters. The average Bonchev–Trinajstić information content (AvgIpc) is 2.61. The Morgan fingerprint density at radius 2 is 1.88 bits per heavy atom. The van der Waals surface area contributed by atoms with E-state index >= 15 is 0 Å². The largest absolute Gasteiger partial charge is 0.345 e. The second-order valence-electron chi connectivity index (χ2n) is 4.69. The highest BCUT2D eigenvalue weighted by Crippen LogP contribution is 2.30. The number of hydrogen-bond acceptors (Lipinski definition) is 1. The van der Waals surface area contributed by atoms with Crippen LogP contribution in [0.15, 0.2) is 55.4 Å². The van der Waals surface area contributed by atoms with Gasteiger partial charge in [-0.05, 0) is 30.9 Å². The van der Waals surface area contributed by atoms with Gasteiger partial charge in [0.15, 0.2) is 0 Å². The molecule has 0 saturated carbocycles. The number of nitrogens with zero attached hydrogens (tertiary/aromatic N) is 1. The van der Waals surface area contributed by atoms with Crippen LogP contribution in [0.2, 0.25) is 0 Å². The van der Waals surface area contributed by atoms with E-state index in [0.29, 0.717) is 0 Å². The second kappa shape index (κ2) is 4.62. The maximum absolute atomic E-state index is 4.17. The molecule has 1 aromatic carbocycles. The van der Waals surface area contributed by atoms with Gasteiger partial charge in [0.2, 0.25) is 0 Å². The Morgan fingerprint density at radius 3 is 2.47 bits per heavy atom. The first-order chi connectivity index (χ1) is 8.08. The normalized spacial score (nSPS) is 15.5. The highest BCUT2D eigenvalue weighted by molar-refractivity contribution is 5.65. The van der Waals surface area contributed by atoms with E-state index in [1.807, 2.05) is 0 Å². The van der Waals surface area contributed by atoms with E-state index in [9.17, 15) is 0 Å². The fourth-order valence-corrected chi connectivity index (χ4v) is 2.15. The van der Waals surface area contributed by atoms with Crippen LogP contribution in [-0.4, -0.2) is 11.4 Å². The van der Waals surface area contributed by atoms with Crippen molar-refractivity contribution in [3.05, 3.63) is 66.5 Å². The fraction of sp³-hybridized carbons (Fsp3) is 0.250. The van der Waals surface area contributed by atoms with Crippen LogP contribution in [0, 0.1) is 6.92 Å². The zero-order valence-electron chi connectivity index (χ0n) is 10.5. The summed E-state index contributed by atoms with van der Waals surface area (Å²) in [6.45, 7) is 15.2. The summed E-state index contributed by atoms with van der Waals surface area (Å²) in [6.07, 6.45) is 2.06. The minimum atomic E-state index is 0.807. The Bertz CT molecular complexity index is 466. The summed E-state index contributed by atoms with van der Waals surface area (Å²) < 4.78 is 0. The van der Waals surface area contributed by atoms with Gasteiger partial charge in [-0.15, -0.1) is 0 Å². The zero-order chi connectivity index (χ0) is 12.4. The Kier molecular flexibility index (Phi) is 3.19. The molecule has 1 aliphatic heterocycles. The van der Waals surface area contributed by atoms with Gasteiger partial charge in [0, 0.05) is 17.9 Å². The lowest BCUT2D eigenvalue weighted by atomic mass is 10.0. The maximum atomic E-state index is 4.17. The highest BCUT2D eigenvalue weighted by atomic mass is 15.2. The van der Waals surface area contributed by atoms with E-state index in [0.717, 1.165) is 36.4 Å². The van der Waals surface area contributed by atoms with Crippen LogP contribution in [0.1, 0.15) is 24.0 Å². The Hall–Kier alpha value is -1.76. The lowest BCUT2D eigenvalue weighted by Crippen LogP contribution is -2.17. The summed E-state index contributed by atoms with van der Waals surface area (Å²) in [6, 6.07) is 8.45. The van der Waals surface area contributed by atoms with E-state index in [2.05, 4.69) is 55.8 Å². The third-order valence-electron chi connectivity index (χ3n) is 3.24. The predicted molar refractivity (Wildman–Crippen MR) is 74.4 cm³/mol. The summed E-state index contributed by atoms with van der Waals surface area (Å²) in [5.74, 6) is 0. The molecule has 0 spiro atoms. The lowest BCUT2D eigenvalue weighted by molar-refractivity contribution is 0.518. The first-order valence-corrected chi connectivity index (χ1v) is 5.96. The van der Waals surface area contributed by atoms with Gasteiger partial charge in [-0.1, -0.05) is 49.6 Å². The molecule has 2 rings (SSSR count). The standard InChI is InChI=1S/C16H19N/c1-12-6-5-7-16(10-12)13(2)11-17-14(3)8-9-15(17)4/h5-7,10H,2-4,8-9,11H2,1H3. The SMILES string of the molecule is C=C(CN1C(=C)CCC1=C)c1cccc(C)c1. The highest BCUT2D eigenvalue weighted by Gasteiger charge is 2.19. The molecule has 1 heterocycles. The number of allylic oxidation sites excluding steroid dienone is 2. The van der Waals surface area contributed by atoms with Crippen molar-refractivity contribution in [2.75, 3.05) is 6.54 Å². The zero-order valence-corrected chi connectivity index (χ0v) is 10.5. The van der Waals surface area contributed by atoms with Crippen molar-refractivity contribution in [3.8, 4) is 0 Å². The third-order valence-corrected chi connectivity index (χ3v) is 3.24. The molecule has 1 heteroatoms. The molecule has 0 aliphatic carbocycles. The van der Waals surface area contributed by atoms with Crippen LogP contribution in [0.25, 0.3) is 5.57 Å². The molecule has 0 atom stereocenters. The van der Waals surface area contributed by atoms with Crippen LogP contribution in [0.4, 0.5) is 0 Å². The molecule has 1 nitrogen and oxygen atoms in total. The monoisotopic (exact) mass is 225 g/mol. The maximum Gasteiger partial charge on any atom is 0.0475 e. The number of benzene rings is 1. The van der Waals surface area contributed by atoms with E-state index in [1.54, 1.807) is 0 Å². The molecule has 1 aromatic rings. The van der Waals surface area contributed by atoms with E-state index < -0.39 is 0 Å². The first kappa shape index (κ1) is 11.7. The third kappa shape index (κ3) is 2.50. The van der Waals surface area contributed by atoms with Gasteiger partial charge in [0.25, 0.3) is 0 Å². The van der Waals surface area contributed by atoms with Crippen LogP contribution in [-0.2, 0) is 0 Å². The molecular formula is C16H19N. The molecule has 88 valence electrons. The van der Waals surface area contributed by atoms with Gasteiger partial charge in [-0.3, -0.25) is 0 Å². The number of hydrogen-bond donors (Lipinski definition) is 0. The van der Waals surface area contributed by atoms with Crippen molar-refractivity contribution in [3.63, 3.8) is 0 Å². The smallest absolute Gasteiger partial charge is 0.0475 e. The predicted octanol–water partition coefficient (Wildman–Crippen LogP) is 4.13. The summed E-state index contributed by atoms with van der Waals surface area (Å²) in [5.41, 5.74) is 5.91. The van der Waals surface area contributed by atoms with Crippen LogP contribution in [0.5, 0.6) is 0 Å². The number of aryl methyl sites for hydroxylation is 1. The van der Waals surface area contributed by atoms with Crippen molar-refractivity contribution in [2.24, 2.45) is 0 Å². The van der Waals surface area contributed by atoms with Crippen molar-refractivity contribution >= 4 is 5.57 Å². The van der Waals surface area contributed by atoms with Gasteiger partial charge in [-0.25, -0.2) is 0 Å². The minimum absolute atomic E-state index is 0.807. The van der Waals surface area contributed by atoms with E-state index in [-0.39, 0.29) is 0 Å². The van der Waals surface area contributed by atoms with Crippen LogP contribution in [0.3, 0.4) is 0 Å². The Balaban J connectivity index is 2.12. The molecule has 0 radical (unpaired) electrons. The average molecular weight is 225 g/mol. The lowest BCUT2D eigenvalue weighted by Gasteiger charge is -2.22. The van der Waals surface area contributed by atoms with E-state index in [4.69, 9.17) is 0 Å². The molecule has 0 amide bonds. The molecule has 1 fully saturated rings. The van der Waals surface area contributed by atoms with Crippen LogP contribution >= 0.6 is 0 Å². The number of likely N-dealkylation sites (tertiary alicyclic amines) is 1. The van der Waals surface area contributed by atoms with Gasteiger partial charge < -0.3 is 4.90 Å². The van der Waals surface area contributed by atoms with Crippen molar-refractivity contribution < 1.29 is 0 Å². The molecule has 17 heavy (non-hydrogen) atoms. The van der Waals surface area contributed by atoms with Gasteiger partial charge in [0.05, 0.1) is 0 Å². The number of rotatable bonds is 3. The molecule has 1 saturated heterocycles. The quantitative estimate of drug-likeness (QED) is 0.747. The molecule has 0 aromatic heterocycles. The van der Waals surface area contributed by atoms with Gasteiger partial charge in [0.1, 0.15) is 0 Å². The fourth-order valence-electron chi connectivity index (χ4n) is 2.15. The van der Waals surface area contributed by atoms with Crippen LogP contribution < -0.4 is 0 Å². The summed E-state index contributed by atoms with van der Waals surface area (Å²) >= 11 is 0. The first-order valence-electron chi connectivity index (χ1n) is 5.96. The second-order valence-corrected chi connectivity index (χ2v) is 4.69. The topological polar surface area (TPSA) is 3.24 Å². The minimum Gasteiger partial charge on any atom is -0.345 e. The van der Waals surface area contributed by atoms with Crippen molar-refractivity contribution in [1.82, 2.24) is 4.90 Å². The summed E-state index contributed by atoms with van der Waals surface area (Å²) in [4.78, 5) is 2.19. The molecule has 1 aliphatic rings. The van der Waals surface area contributed by atoms with E-state index in [1.165, 1.54) is 11.1 Å². The van der Waals surface area contributed by atoms with Crippen molar-refractivity contribution in [1.29, 1.82) is 0 Å². The molecule has 0 N–H and O–H groups in total. The Morgan fingerprint density at radius 1 is 1.24 bits per heavy atom.